The zero-order valence-electron chi connectivity index (χ0n) is 19.1. The van der Waals surface area contributed by atoms with Crippen molar-refractivity contribution in [1.82, 2.24) is 19.7 Å². The summed E-state index contributed by atoms with van der Waals surface area (Å²) in [5.74, 6) is 0.214. The number of rotatable bonds is 5. The molecule has 0 aliphatic heterocycles. The number of nitrogens with zero attached hydrogens (tertiary/aromatic N) is 4. The molecule has 1 aromatic carbocycles. The molecule has 3 heterocycles. The highest BCUT2D eigenvalue weighted by atomic mass is 31.0. The van der Waals surface area contributed by atoms with Crippen molar-refractivity contribution in [2.45, 2.75) is 58.4 Å². The van der Waals surface area contributed by atoms with Crippen LogP contribution in [-0.2, 0) is 0 Å². The molecule has 0 radical (unpaired) electrons. The first-order valence-electron chi connectivity index (χ1n) is 11.6. The molecular weight excluding hydrogens is 431 g/mol. The zero-order chi connectivity index (χ0) is 22.9. The van der Waals surface area contributed by atoms with Crippen LogP contribution in [0.3, 0.4) is 0 Å². The highest BCUT2D eigenvalue weighted by Crippen LogP contribution is 2.39. The molecule has 1 aliphatic rings. The van der Waals surface area contributed by atoms with Gasteiger partial charge in [0, 0.05) is 17.4 Å². The number of nitrogens with two attached hydrogens (primary N) is 1. The first kappa shape index (κ1) is 21.7. The molecule has 0 bridgehead atoms. The molecule has 0 saturated heterocycles. The van der Waals surface area contributed by atoms with Crippen molar-refractivity contribution in [1.29, 1.82) is 0 Å². The van der Waals surface area contributed by atoms with Gasteiger partial charge >= 0.3 is 0 Å². The van der Waals surface area contributed by atoms with Gasteiger partial charge in [-0.05, 0) is 55.2 Å². The number of aromatic nitrogens is 4. The number of aryl methyl sites for hydroxylation is 1. The number of hydrogen-bond donors (Lipinski definition) is 2. The maximum absolute atomic E-state index is 11.9. The van der Waals surface area contributed by atoms with E-state index in [1.807, 2.05) is 36.7 Å². The second kappa shape index (κ2) is 8.99. The Bertz CT molecular complexity index is 1300. The molecule has 3 aromatic heterocycles. The van der Waals surface area contributed by atoms with Crippen LogP contribution in [0.5, 0.6) is 0 Å². The lowest BCUT2D eigenvalue weighted by Gasteiger charge is -2.15. The zero-order valence-corrected chi connectivity index (χ0v) is 20.1. The Morgan fingerprint density at radius 3 is 2.52 bits per heavy atom. The number of carbonyl (C=O) groups is 1. The lowest BCUT2D eigenvalue weighted by molar-refractivity contribution is 0.100. The van der Waals surface area contributed by atoms with Crippen molar-refractivity contribution in [3.8, 4) is 11.1 Å². The first-order valence-corrected chi connectivity index (χ1v) is 12.6. The number of carbonyl (C=O) groups excluding carboxylic acids is 1. The number of nitrogens with one attached hydrogen (secondary N) is 1. The average molecular weight is 461 g/mol. The van der Waals surface area contributed by atoms with Crippen LogP contribution < -0.4 is 11.1 Å². The predicted molar refractivity (Wildman–Crippen MR) is 135 cm³/mol. The van der Waals surface area contributed by atoms with Gasteiger partial charge in [-0.15, -0.1) is 8.19 Å². The van der Waals surface area contributed by atoms with E-state index in [0.717, 1.165) is 46.3 Å². The summed E-state index contributed by atoms with van der Waals surface area (Å²) in [6, 6.07) is 8.41. The van der Waals surface area contributed by atoms with Gasteiger partial charge in [-0.1, -0.05) is 37.8 Å². The van der Waals surface area contributed by atoms with Crippen LogP contribution >= 0.6 is 8.19 Å². The van der Waals surface area contributed by atoms with Crippen LogP contribution in [0.4, 0.5) is 11.6 Å². The molecule has 3 N–H and O–H groups in total. The normalized spacial score (nSPS) is 15.2. The van der Waals surface area contributed by atoms with Crippen LogP contribution in [0.1, 0.15) is 65.5 Å². The Morgan fingerprint density at radius 1 is 1.09 bits per heavy atom. The van der Waals surface area contributed by atoms with E-state index in [-0.39, 0.29) is 5.91 Å². The van der Waals surface area contributed by atoms with Gasteiger partial charge in [-0.25, -0.2) is 9.67 Å². The second-order valence-electron chi connectivity index (χ2n) is 8.90. The lowest BCUT2D eigenvalue weighted by atomic mass is 10.0. The molecule has 5 rings (SSSR count). The van der Waals surface area contributed by atoms with E-state index >= 15 is 0 Å². The molecule has 33 heavy (non-hydrogen) atoms. The van der Waals surface area contributed by atoms with E-state index < -0.39 is 0 Å². The second-order valence-corrected chi connectivity index (χ2v) is 10.4. The third-order valence-corrected chi connectivity index (χ3v) is 8.18. The summed E-state index contributed by atoms with van der Waals surface area (Å²) < 4.78 is 2.09. The minimum atomic E-state index is -0.339. The number of amides is 1. The fourth-order valence-corrected chi connectivity index (χ4v) is 6.05. The molecule has 7 nitrogen and oxygen atoms in total. The van der Waals surface area contributed by atoms with Gasteiger partial charge in [-0.3, -0.25) is 4.79 Å². The molecule has 0 spiro atoms. The summed E-state index contributed by atoms with van der Waals surface area (Å²) in [5.41, 5.74) is 10.5. The molecule has 1 aliphatic carbocycles. The van der Waals surface area contributed by atoms with Gasteiger partial charge in [0.2, 0.25) is 5.95 Å². The van der Waals surface area contributed by atoms with Crippen molar-refractivity contribution in [3.63, 3.8) is 0 Å². The summed E-state index contributed by atoms with van der Waals surface area (Å²) in [7, 11) is 0.349. The van der Waals surface area contributed by atoms with Crippen molar-refractivity contribution >= 4 is 36.8 Å². The van der Waals surface area contributed by atoms with Gasteiger partial charge in [0.05, 0.1) is 22.9 Å². The molecular formula is C25H29N6OP. The Balaban J connectivity index is 1.40. The number of fused-ring (bicyclic) bond motifs is 1. The first-order chi connectivity index (χ1) is 16.0. The maximum Gasteiger partial charge on any atom is 0.253 e. The quantitative estimate of drug-likeness (QED) is 0.363. The van der Waals surface area contributed by atoms with E-state index in [2.05, 4.69) is 33.9 Å². The summed E-state index contributed by atoms with van der Waals surface area (Å²) in [6.07, 6.45) is 11.1. The van der Waals surface area contributed by atoms with Gasteiger partial charge in [0.25, 0.3) is 5.91 Å². The number of primary amides is 1. The van der Waals surface area contributed by atoms with E-state index in [4.69, 9.17) is 10.7 Å². The standard InChI is InChI=1S/C25H29N6OP/c1-15-16(2)33-22(23(26)32)21(15)17-9-11-19(12-10-17)29-25-27-13-18-14-28-31(24(18)30-25)20-7-5-3-4-6-8-20/h9-14,20,33H,3-8H2,1-2H3,(H2,26,32)(H,27,29,30). The predicted octanol–water partition coefficient (Wildman–Crippen LogP) is 5.88. The molecule has 1 amide bonds. The topological polar surface area (TPSA) is 98.7 Å². The highest BCUT2D eigenvalue weighted by Gasteiger charge is 2.19. The van der Waals surface area contributed by atoms with Gasteiger partial charge in [0.1, 0.15) is 0 Å². The maximum atomic E-state index is 11.9. The largest absolute Gasteiger partial charge is 0.365 e. The van der Waals surface area contributed by atoms with E-state index in [1.54, 1.807) is 0 Å². The summed E-state index contributed by atoms with van der Waals surface area (Å²) in [4.78, 5) is 21.2. The molecule has 1 atom stereocenters. The minimum Gasteiger partial charge on any atom is -0.365 e. The lowest BCUT2D eigenvalue weighted by Crippen LogP contribution is -2.11. The van der Waals surface area contributed by atoms with Gasteiger partial charge in [-0.2, -0.15) is 10.1 Å². The monoisotopic (exact) mass is 460 g/mol. The molecule has 170 valence electrons. The summed E-state index contributed by atoms with van der Waals surface area (Å²) >= 11 is 0. The fourth-order valence-electron chi connectivity index (χ4n) is 4.78. The summed E-state index contributed by atoms with van der Waals surface area (Å²) in [5, 5.41) is 10.9. The third kappa shape index (κ3) is 4.25. The molecule has 4 aromatic rings. The fraction of sp³-hybridized carbons (Fsp3) is 0.360. The number of benzene rings is 1. The van der Waals surface area contributed by atoms with Crippen molar-refractivity contribution in [2.75, 3.05) is 5.32 Å². The van der Waals surface area contributed by atoms with Crippen LogP contribution in [0.25, 0.3) is 22.2 Å². The Morgan fingerprint density at radius 2 is 1.82 bits per heavy atom. The van der Waals surface area contributed by atoms with Crippen LogP contribution in [0, 0.1) is 13.8 Å². The van der Waals surface area contributed by atoms with Gasteiger partial charge in [0.15, 0.2) is 5.65 Å². The minimum absolute atomic E-state index is 0.339. The smallest absolute Gasteiger partial charge is 0.253 e. The van der Waals surface area contributed by atoms with Crippen LogP contribution in [-0.4, -0.2) is 25.7 Å². The van der Waals surface area contributed by atoms with Crippen molar-refractivity contribution < 1.29 is 4.79 Å². The summed E-state index contributed by atoms with van der Waals surface area (Å²) in [6.45, 7) is 4.12. The van der Waals surface area contributed by atoms with Crippen LogP contribution in [0.2, 0.25) is 0 Å². The van der Waals surface area contributed by atoms with E-state index in [0.29, 0.717) is 25.5 Å². The number of hydrogen-bond acceptors (Lipinski definition) is 5. The molecule has 1 unspecified atom stereocenters. The SMILES string of the molecule is Cc1[pH]c(C(N)=O)c(-c2ccc(Nc3ncc4cnn(C5CCCCCC5)c4n3)cc2)c1C. The average Bonchev–Trinajstić information content (AvgIpc) is 3.23. The van der Waals surface area contributed by atoms with E-state index in [1.165, 1.54) is 31.0 Å². The Hall–Kier alpha value is -3.18. The Kier molecular flexibility index (Phi) is 5.90. The van der Waals surface area contributed by atoms with Crippen molar-refractivity contribution in [2.24, 2.45) is 5.73 Å². The van der Waals surface area contributed by atoms with Crippen LogP contribution in [0.15, 0.2) is 36.7 Å². The third-order valence-electron chi connectivity index (χ3n) is 6.68. The van der Waals surface area contributed by atoms with E-state index in [9.17, 15) is 4.79 Å². The van der Waals surface area contributed by atoms with Gasteiger partial charge < -0.3 is 11.1 Å². The highest BCUT2D eigenvalue weighted by molar-refractivity contribution is 7.34. The molecule has 8 heteroatoms. The van der Waals surface area contributed by atoms with Crippen molar-refractivity contribution in [3.05, 3.63) is 52.8 Å². The molecule has 1 fully saturated rings. The molecule has 1 saturated carbocycles. The number of anilines is 2. The Labute approximate surface area is 194 Å².